The maximum absolute atomic E-state index is 6.04. The number of fused-ring (bicyclic) bond motifs is 2. The lowest BCUT2D eigenvalue weighted by atomic mass is 9.99. The van der Waals surface area contributed by atoms with Crippen molar-refractivity contribution in [2.45, 2.75) is 19.9 Å². The van der Waals surface area contributed by atoms with Gasteiger partial charge in [-0.2, -0.15) is 0 Å². The predicted octanol–water partition coefficient (Wildman–Crippen LogP) is 6.09. The first-order chi connectivity index (χ1) is 13.7. The molecular formula is C24H21N3O. The average Bonchev–Trinajstić information content (AvgIpc) is 3.36. The first-order valence-electron chi connectivity index (χ1n) is 9.58. The molecule has 138 valence electrons. The number of para-hydroxylation sites is 1. The van der Waals surface area contributed by atoms with Crippen LogP contribution in [0, 0.1) is 5.92 Å². The molecule has 0 aliphatic heterocycles. The van der Waals surface area contributed by atoms with Crippen LogP contribution in [0.2, 0.25) is 0 Å². The molecule has 28 heavy (non-hydrogen) atoms. The minimum absolute atomic E-state index is 0.0124. The average molecular weight is 367 g/mol. The van der Waals surface area contributed by atoms with Gasteiger partial charge in [-0.15, -0.1) is 5.10 Å². The molecule has 0 bridgehead atoms. The van der Waals surface area contributed by atoms with Crippen LogP contribution in [0.25, 0.3) is 32.9 Å². The van der Waals surface area contributed by atoms with E-state index >= 15 is 0 Å². The van der Waals surface area contributed by atoms with E-state index in [1.807, 2.05) is 29.1 Å². The van der Waals surface area contributed by atoms with Crippen molar-refractivity contribution >= 4 is 21.8 Å². The molecule has 1 unspecified atom stereocenters. The van der Waals surface area contributed by atoms with E-state index in [4.69, 9.17) is 4.42 Å². The first kappa shape index (κ1) is 16.8. The SMILES string of the molecule is CC(C)C(c1cc(-c2ccc3ccccc3c2)co1)n1nnc2ccccc21. The number of rotatable bonds is 4. The molecule has 0 aliphatic carbocycles. The number of benzene rings is 3. The molecule has 0 saturated carbocycles. The summed E-state index contributed by atoms with van der Waals surface area (Å²) in [5, 5.41) is 11.2. The second-order valence-corrected chi connectivity index (χ2v) is 7.51. The normalized spacial score (nSPS) is 12.8. The van der Waals surface area contributed by atoms with E-state index in [-0.39, 0.29) is 6.04 Å². The third kappa shape index (κ3) is 2.78. The van der Waals surface area contributed by atoms with Crippen LogP contribution >= 0.6 is 0 Å². The summed E-state index contributed by atoms with van der Waals surface area (Å²) in [6.07, 6.45) is 1.84. The van der Waals surface area contributed by atoms with Crippen molar-refractivity contribution in [3.05, 3.63) is 84.8 Å². The van der Waals surface area contributed by atoms with Crippen molar-refractivity contribution < 1.29 is 4.42 Å². The molecule has 0 saturated heterocycles. The molecule has 1 atom stereocenters. The highest BCUT2D eigenvalue weighted by atomic mass is 16.3. The van der Waals surface area contributed by atoms with Crippen molar-refractivity contribution in [1.29, 1.82) is 0 Å². The molecule has 3 aromatic carbocycles. The maximum atomic E-state index is 6.04. The van der Waals surface area contributed by atoms with Gasteiger partial charge in [0.25, 0.3) is 0 Å². The second-order valence-electron chi connectivity index (χ2n) is 7.51. The van der Waals surface area contributed by atoms with Gasteiger partial charge in [-0.3, -0.25) is 0 Å². The number of hydrogen-bond donors (Lipinski definition) is 0. The summed E-state index contributed by atoms with van der Waals surface area (Å²) in [4.78, 5) is 0. The summed E-state index contributed by atoms with van der Waals surface area (Å²) in [7, 11) is 0. The number of hydrogen-bond acceptors (Lipinski definition) is 3. The zero-order valence-electron chi connectivity index (χ0n) is 15.9. The van der Waals surface area contributed by atoms with Crippen LogP contribution < -0.4 is 0 Å². The predicted molar refractivity (Wildman–Crippen MR) is 112 cm³/mol. The topological polar surface area (TPSA) is 43.9 Å². The molecule has 4 heteroatoms. The second kappa shape index (κ2) is 6.64. The van der Waals surface area contributed by atoms with Crippen LogP contribution in [0.4, 0.5) is 0 Å². The maximum Gasteiger partial charge on any atom is 0.129 e. The lowest BCUT2D eigenvalue weighted by Gasteiger charge is -2.19. The molecule has 0 radical (unpaired) electrons. The fraction of sp³-hybridized carbons (Fsp3) is 0.167. The van der Waals surface area contributed by atoms with Gasteiger partial charge in [0.2, 0.25) is 0 Å². The molecule has 0 fully saturated rings. The van der Waals surface area contributed by atoms with E-state index in [0.717, 1.165) is 27.9 Å². The van der Waals surface area contributed by atoms with E-state index in [1.165, 1.54) is 10.8 Å². The minimum Gasteiger partial charge on any atom is -0.466 e. The van der Waals surface area contributed by atoms with Gasteiger partial charge in [-0.05, 0) is 46.5 Å². The third-order valence-electron chi connectivity index (χ3n) is 5.27. The Bertz CT molecular complexity index is 1270. The van der Waals surface area contributed by atoms with E-state index in [1.54, 1.807) is 0 Å². The molecule has 2 heterocycles. The summed E-state index contributed by atoms with van der Waals surface area (Å²) >= 11 is 0. The minimum atomic E-state index is -0.0124. The largest absolute Gasteiger partial charge is 0.466 e. The Hall–Kier alpha value is -3.40. The lowest BCUT2D eigenvalue weighted by Crippen LogP contribution is -2.17. The zero-order chi connectivity index (χ0) is 19.1. The van der Waals surface area contributed by atoms with Gasteiger partial charge in [-0.25, -0.2) is 4.68 Å². The molecule has 5 aromatic rings. The van der Waals surface area contributed by atoms with Crippen LogP contribution in [0.1, 0.15) is 25.6 Å². The van der Waals surface area contributed by atoms with Crippen molar-refractivity contribution in [3.63, 3.8) is 0 Å². The highest BCUT2D eigenvalue weighted by Crippen LogP contribution is 2.33. The molecule has 0 amide bonds. The highest BCUT2D eigenvalue weighted by molar-refractivity contribution is 5.87. The molecule has 2 aromatic heterocycles. The van der Waals surface area contributed by atoms with Crippen molar-refractivity contribution in [1.82, 2.24) is 15.0 Å². The number of aromatic nitrogens is 3. The fourth-order valence-electron chi connectivity index (χ4n) is 3.85. The zero-order valence-corrected chi connectivity index (χ0v) is 15.9. The molecule has 0 spiro atoms. The van der Waals surface area contributed by atoms with Gasteiger partial charge in [0.15, 0.2) is 0 Å². The number of furan rings is 1. The third-order valence-corrected chi connectivity index (χ3v) is 5.27. The van der Waals surface area contributed by atoms with Crippen molar-refractivity contribution in [2.24, 2.45) is 5.92 Å². The molecule has 0 N–H and O–H groups in total. The van der Waals surface area contributed by atoms with Gasteiger partial charge in [0.1, 0.15) is 17.3 Å². The molecular weight excluding hydrogens is 346 g/mol. The van der Waals surface area contributed by atoms with E-state index < -0.39 is 0 Å². The standard InChI is InChI=1S/C24H21N3O/c1-16(2)24(27-22-10-6-5-9-21(22)25-26-27)23-14-20(15-28-23)19-12-11-17-7-3-4-8-18(17)13-19/h3-16,24H,1-2H3. The van der Waals surface area contributed by atoms with Gasteiger partial charge in [0.05, 0.1) is 11.8 Å². The van der Waals surface area contributed by atoms with E-state index in [0.29, 0.717) is 5.92 Å². The fourth-order valence-corrected chi connectivity index (χ4v) is 3.85. The van der Waals surface area contributed by atoms with Gasteiger partial charge >= 0.3 is 0 Å². The van der Waals surface area contributed by atoms with E-state index in [9.17, 15) is 0 Å². The van der Waals surface area contributed by atoms with Crippen LogP contribution in [-0.2, 0) is 0 Å². The smallest absolute Gasteiger partial charge is 0.129 e. The molecule has 4 nitrogen and oxygen atoms in total. The van der Waals surface area contributed by atoms with Crippen molar-refractivity contribution in [2.75, 3.05) is 0 Å². The monoisotopic (exact) mass is 367 g/mol. The van der Waals surface area contributed by atoms with Crippen LogP contribution in [0.5, 0.6) is 0 Å². The van der Waals surface area contributed by atoms with Crippen molar-refractivity contribution in [3.8, 4) is 11.1 Å². The summed E-state index contributed by atoms with van der Waals surface area (Å²) in [5.74, 6) is 1.20. The molecule has 0 aliphatic rings. The van der Waals surface area contributed by atoms with Gasteiger partial charge < -0.3 is 4.42 Å². The Labute approximate surface area is 163 Å². The van der Waals surface area contributed by atoms with Crippen LogP contribution in [-0.4, -0.2) is 15.0 Å². The Morgan fingerprint density at radius 1 is 0.821 bits per heavy atom. The Morgan fingerprint density at radius 2 is 1.61 bits per heavy atom. The molecule has 5 rings (SSSR count). The highest BCUT2D eigenvalue weighted by Gasteiger charge is 2.25. The van der Waals surface area contributed by atoms with Crippen LogP contribution in [0.3, 0.4) is 0 Å². The van der Waals surface area contributed by atoms with E-state index in [2.05, 4.69) is 78.8 Å². The quantitative estimate of drug-likeness (QED) is 0.386. The van der Waals surface area contributed by atoms with Crippen LogP contribution in [0.15, 0.2) is 83.5 Å². The summed E-state index contributed by atoms with van der Waals surface area (Å²) in [5.41, 5.74) is 4.15. The Balaban J connectivity index is 1.57. The van der Waals surface area contributed by atoms with Gasteiger partial charge in [-0.1, -0.05) is 67.6 Å². The summed E-state index contributed by atoms with van der Waals surface area (Å²) in [6, 6.07) is 25.1. The Kier molecular flexibility index (Phi) is 3.97. The van der Waals surface area contributed by atoms with Gasteiger partial charge in [0, 0.05) is 5.56 Å². The summed E-state index contributed by atoms with van der Waals surface area (Å²) in [6.45, 7) is 4.36. The lowest BCUT2D eigenvalue weighted by molar-refractivity contribution is 0.336. The number of nitrogens with zero attached hydrogens (tertiary/aromatic N) is 3. The first-order valence-corrected chi connectivity index (χ1v) is 9.58. The summed E-state index contributed by atoms with van der Waals surface area (Å²) < 4.78 is 8.01. The Morgan fingerprint density at radius 3 is 2.46 bits per heavy atom.